The summed E-state index contributed by atoms with van der Waals surface area (Å²) in [4.78, 5) is 28.7. The molecule has 4 aliphatic heterocycles. The normalized spacial score (nSPS) is 27.0. The van der Waals surface area contributed by atoms with Crippen molar-refractivity contribution >= 4 is 11.8 Å². The Morgan fingerprint density at radius 3 is 2.46 bits per heavy atom. The number of hydrogen-bond acceptors (Lipinski definition) is 9. The predicted octanol–water partition coefficient (Wildman–Crippen LogP) is 1.59. The second kappa shape index (κ2) is 9.78. The standard InChI is InChI=1S/C30H38N4O7/c1-12-7-17-8-20-30(39)34-19(24(33(20)6)22(17)26(37)13(12)2)9-18-23(28-27(40-11-41-28)14(3)25(18)36)21(34)10-31-29(38)15(4)32-16(5)35/h7,15,19-21,24,30,36-37,39H,8-11H2,1-6H3,(H,31,38)(H,32,35)/t15-,19?,20-,21-,24-,30-/m0/s1. The molecule has 2 aromatic carbocycles. The minimum absolute atomic E-state index is 0.00452. The molecule has 1 saturated heterocycles. The molecule has 0 spiro atoms. The highest BCUT2D eigenvalue weighted by molar-refractivity contribution is 5.86. The van der Waals surface area contributed by atoms with E-state index in [1.165, 1.54) is 6.92 Å². The molecular formula is C30H38N4O7. The largest absolute Gasteiger partial charge is 0.507 e. The number of nitrogens with zero attached hydrogens (tertiary/aromatic N) is 2. The van der Waals surface area contributed by atoms with Gasteiger partial charge in [-0.2, -0.15) is 0 Å². The van der Waals surface area contributed by atoms with Crippen LogP contribution in [0.15, 0.2) is 6.07 Å². The zero-order chi connectivity index (χ0) is 29.5. The molecule has 6 rings (SSSR count). The van der Waals surface area contributed by atoms with Crippen molar-refractivity contribution in [1.82, 2.24) is 20.4 Å². The number of hydrogen-bond donors (Lipinski definition) is 5. The topological polar surface area (TPSA) is 144 Å². The summed E-state index contributed by atoms with van der Waals surface area (Å²) < 4.78 is 11.7. The van der Waals surface area contributed by atoms with Crippen LogP contribution < -0.4 is 20.1 Å². The first-order chi connectivity index (χ1) is 19.4. The van der Waals surface area contributed by atoms with Crippen LogP contribution in [0, 0.1) is 20.8 Å². The van der Waals surface area contributed by atoms with Crippen molar-refractivity contribution in [2.75, 3.05) is 20.4 Å². The first-order valence-corrected chi connectivity index (χ1v) is 14.1. The molecule has 11 nitrogen and oxygen atoms in total. The third-order valence-electron chi connectivity index (χ3n) is 9.58. The van der Waals surface area contributed by atoms with Gasteiger partial charge in [0.25, 0.3) is 0 Å². The molecular weight excluding hydrogens is 528 g/mol. The van der Waals surface area contributed by atoms with Crippen LogP contribution in [0.25, 0.3) is 0 Å². The van der Waals surface area contributed by atoms with Crippen molar-refractivity contribution in [1.29, 1.82) is 0 Å². The molecule has 220 valence electrons. The quantitative estimate of drug-likeness (QED) is 0.373. The van der Waals surface area contributed by atoms with E-state index in [1.807, 2.05) is 25.8 Å². The van der Waals surface area contributed by atoms with Crippen LogP contribution >= 0.6 is 0 Å². The predicted molar refractivity (Wildman–Crippen MR) is 149 cm³/mol. The Bertz CT molecular complexity index is 1460. The minimum Gasteiger partial charge on any atom is -0.507 e. The number of fused-ring (bicyclic) bond motifs is 9. The Morgan fingerprint density at radius 1 is 1.05 bits per heavy atom. The highest BCUT2D eigenvalue weighted by atomic mass is 16.7. The summed E-state index contributed by atoms with van der Waals surface area (Å²) in [5.41, 5.74) is 5.61. The maximum Gasteiger partial charge on any atom is 0.242 e. The molecule has 6 atom stereocenters. The number of amides is 2. The molecule has 5 N–H and O–H groups in total. The van der Waals surface area contributed by atoms with Gasteiger partial charge >= 0.3 is 0 Å². The molecule has 0 aromatic heterocycles. The van der Waals surface area contributed by atoms with E-state index in [9.17, 15) is 24.9 Å². The van der Waals surface area contributed by atoms with Crippen molar-refractivity contribution in [2.45, 2.75) is 83.9 Å². The summed E-state index contributed by atoms with van der Waals surface area (Å²) in [7, 11) is 1.97. The van der Waals surface area contributed by atoms with Crippen molar-refractivity contribution in [2.24, 2.45) is 0 Å². The molecule has 11 heteroatoms. The average Bonchev–Trinajstić information content (AvgIpc) is 3.41. The lowest BCUT2D eigenvalue weighted by atomic mass is 9.73. The van der Waals surface area contributed by atoms with Gasteiger partial charge in [-0.1, -0.05) is 6.07 Å². The van der Waals surface area contributed by atoms with Gasteiger partial charge in [-0.3, -0.25) is 19.4 Å². The van der Waals surface area contributed by atoms with E-state index in [1.54, 1.807) is 13.8 Å². The highest BCUT2D eigenvalue weighted by Crippen LogP contribution is 2.57. The number of aromatic hydroxyl groups is 2. The van der Waals surface area contributed by atoms with Gasteiger partial charge in [0.05, 0.1) is 18.1 Å². The number of piperazine rings is 1. The van der Waals surface area contributed by atoms with E-state index in [0.29, 0.717) is 41.0 Å². The number of likely N-dealkylation sites (N-methyl/N-ethyl adjacent to an activating group) is 1. The van der Waals surface area contributed by atoms with E-state index in [0.717, 1.165) is 22.3 Å². The SMILES string of the molecule is CC(=O)N[C@@H](C)C(=O)NC[C@H]1c2c(c(O)c(C)c3c2OCO3)CC2[C@H]3c4c(cc(C)c(C)c4O)C[C@@H]([C@H](O)N21)N3C. The first kappa shape index (κ1) is 27.6. The number of aliphatic hydroxyl groups is 1. The molecule has 0 saturated carbocycles. The lowest BCUT2D eigenvalue weighted by Gasteiger charge is -2.60. The van der Waals surface area contributed by atoms with Gasteiger partial charge < -0.3 is 35.4 Å². The molecule has 4 aliphatic rings. The van der Waals surface area contributed by atoms with Crippen LogP contribution in [-0.4, -0.2) is 81.7 Å². The second-order valence-corrected chi connectivity index (χ2v) is 11.9. The lowest BCUT2D eigenvalue weighted by molar-refractivity contribution is -0.172. The lowest BCUT2D eigenvalue weighted by Crippen LogP contribution is -2.69. The number of phenols is 2. The number of rotatable bonds is 4. The Labute approximate surface area is 239 Å². The Morgan fingerprint density at radius 2 is 1.76 bits per heavy atom. The van der Waals surface area contributed by atoms with E-state index in [2.05, 4.69) is 21.6 Å². The van der Waals surface area contributed by atoms with Gasteiger partial charge in [0.15, 0.2) is 11.5 Å². The second-order valence-electron chi connectivity index (χ2n) is 11.9. The zero-order valence-electron chi connectivity index (χ0n) is 24.2. The molecule has 2 bridgehead atoms. The van der Waals surface area contributed by atoms with Gasteiger partial charge in [0, 0.05) is 41.8 Å². The molecule has 41 heavy (non-hydrogen) atoms. The molecule has 1 fully saturated rings. The molecule has 2 aromatic rings. The average molecular weight is 567 g/mol. The zero-order valence-corrected chi connectivity index (χ0v) is 24.2. The maximum absolute atomic E-state index is 13.0. The Hall–Kier alpha value is -3.54. The summed E-state index contributed by atoms with van der Waals surface area (Å²) in [5.74, 6) is 0.649. The van der Waals surface area contributed by atoms with E-state index >= 15 is 0 Å². The fourth-order valence-corrected chi connectivity index (χ4v) is 7.44. The monoisotopic (exact) mass is 566 g/mol. The summed E-state index contributed by atoms with van der Waals surface area (Å²) in [6, 6.07) is -0.116. The number of ether oxygens (including phenoxy) is 2. The summed E-state index contributed by atoms with van der Waals surface area (Å²) in [6.45, 7) is 8.74. The van der Waals surface area contributed by atoms with Crippen molar-refractivity contribution in [3.8, 4) is 23.0 Å². The van der Waals surface area contributed by atoms with Crippen LogP contribution in [0.5, 0.6) is 23.0 Å². The van der Waals surface area contributed by atoms with Crippen molar-refractivity contribution < 1.29 is 34.4 Å². The third kappa shape index (κ3) is 4.04. The minimum atomic E-state index is -0.914. The number of aryl methyl sites for hydroxylation is 1. The van der Waals surface area contributed by atoms with Crippen molar-refractivity contribution in [3.05, 3.63) is 45.0 Å². The van der Waals surface area contributed by atoms with E-state index in [-0.39, 0.29) is 54.8 Å². The van der Waals surface area contributed by atoms with Crippen LogP contribution in [-0.2, 0) is 22.4 Å². The Balaban J connectivity index is 1.50. The number of nitrogens with one attached hydrogen (secondary N) is 2. The highest BCUT2D eigenvalue weighted by Gasteiger charge is 2.56. The summed E-state index contributed by atoms with van der Waals surface area (Å²) in [5, 5.41) is 40.4. The number of carbonyl (C=O) groups is 2. The van der Waals surface area contributed by atoms with Gasteiger partial charge in [-0.25, -0.2) is 0 Å². The first-order valence-electron chi connectivity index (χ1n) is 14.1. The fraction of sp³-hybridized carbons (Fsp3) is 0.533. The number of phenolic OH excluding ortho intramolecular Hbond substituents is 2. The number of aliphatic hydroxyl groups excluding tert-OH is 1. The molecule has 4 heterocycles. The number of benzene rings is 2. The van der Waals surface area contributed by atoms with Crippen molar-refractivity contribution in [3.63, 3.8) is 0 Å². The van der Waals surface area contributed by atoms with Gasteiger partial charge in [0.2, 0.25) is 18.6 Å². The maximum atomic E-state index is 13.0. The smallest absolute Gasteiger partial charge is 0.242 e. The van der Waals surface area contributed by atoms with Gasteiger partial charge in [-0.05, 0) is 64.3 Å². The van der Waals surface area contributed by atoms with Gasteiger partial charge in [-0.15, -0.1) is 0 Å². The summed E-state index contributed by atoms with van der Waals surface area (Å²) in [6.07, 6.45) is 0.0159. The van der Waals surface area contributed by atoms with E-state index < -0.39 is 18.3 Å². The molecule has 2 amide bonds. The number of carbonyl (C=O) groups excluding carboxylic acids is 2. The van der Waals surface area contributed by atoms with Gasteiger partial charge in [0.1, 0.15) is 23.8 Å². The summed E-state index contributed by atoms with van der Waals surface area (Å²) >= 11 is 0. The third-order valence-corrected chi connectivity index (χ3v) is 9.58. The van der Waals surface area contributed by atoms with Crippen LogP contribution in [0.1, 0.15) is 64.9 Å². The van der Waals surface area contributed by atoms with E-state index in [4.69, 9.17) is 9.47 Å². The molecule has 0 aliphatic carbocycles. The molecule has 0 radical (unpaired) electrons. The van der Waals surface area contributed by atoms with Crippen LogP contribution in [0.2, 0.25) is 0 Å². The fourth-order valence-electron chi connectivity index (χ4n) is 7.44. The Kier molecular flexibility index (Phi) is 6.59. The van der Waals surface area contributed by atoms with Crippen LogP contribution in [0.4, 0.5) is 0 Å². The molecule has 1 unspecified atom stereocenters. The van der Waals surface area contributed by atoms with Crippen LogP contribution in [0.3, 0.4) is 0 Å².